The predicted octanol–water partition coefficient (Wildman–Crippen LogP) is 6.07. The molecule has 238 valence electrons. The first kappa shape index (κ1) is 26.8. The van der Waals surface area contributed by atoms with Crippen molar-refractivity contribution >= 4 is 27.5 Å². The molecule has 0 aliphatic carbocycles. The van der Waals surface area contributed by atoms with Crippen LogP contribution in [0.2, 0.25) is 0 Å². The first-order valence-corrected chi connectivity index (χ1v) is 15.1. The number of benzene rings is 3. The minimum Gasteiger partial charge on any atom is -0.508 e. The number of piperidine rings is 1. The third-order valence-electron chi connectivity index (χ3n) is 9.44. The van der Waals surface area contributed by atoms with Gasteiger partial charge in [-0.3, -0.25) is 0 Å². The molecule has 11 heteroatoms. The molecule has 2 N–H and O–H groups in total. The Morgan fingerprint density at radius 3 is 2.67 bits per heavy atom. The van der Waals surface area contributed by atoms with Gasteiger partial charge in [-0.1, -0.05) is 18.9 Å². The Bertz CT molecular complexity index is 2060. The van der Waals surface area contributed by atoms with Gasteiger partial charge in [0.05, 0.1) is 17.5 Å². The zero-order valence-corrected chi connectivity index (χ0v) is 25.0. The van der Waals surface area contributed by atoms with Gasteiger partial charge in [-0.25, -0.2) is 17.6 Å². The van der Waals surface area contributed by atoms with Crippen molar-refractivity contribution in [2.45, 2.75) is 38.3 Å². The highest BCUT2D eigenvalue weighted by Gasteiger charge is 2.37. The van der Waals surface area contributed by atoms with Crippen LogP contribution in [0.5, 0.6) is 11.8 Å². The molecule has 3 aliphatic rings. The van der Waals surface area contributed by atoms with E-state index < -0.39 is 35.4 Å². The fourth-order valence-corrected chi connectivity index (χ4v) is 7.15. The van der Waals surface area contributed by atoms with Gasteiger partial charge in [0.15, 0.2) is 5.82 Å². The molecule has 0 spiro atoms. The van der Waals surface area contributed by atoms with Gasteiger partial charge in [-0.05, 0) is 61.5 Å². The summed E-state index contributed by atoms with van der Waals surface area (Å²) in [5.41, 5.74) is -2.00. The minimum absolute atomic E-state index is 0.0384. The van der Waals surface area contributed by atoms with Gasteiger partial charge in [0.2, 0.25) is 0 Å². The normalized spacial score (nSPS) is 25.4. The number of halogens is 4. The van der Waals surface area contributed by atoms with Crippen LogP contribution in [0.4, 0.5) is 23.4 Å². The molecule has 3 atom stereocenters. The number of nitrogens with zero attached hydrogens (tertiary/aromatic N) is 4. The lowest BCUT2D eigenvalue weighted by Crippen LogP contribution is -2.51. The second-order valence-corrected chi connectivity index (χ2v) is 12.6. The summed E-state index contributed by atoms with van der Waals surface area (Å²) in [4.78, 5) is 12.2. The number of terminal acetylenes is 1. The van der Waals surface area contributed by atoms with Crippen molar-refractivity contribution in [2.75, 3.05) is 44.7 Å². The van der Waals surface area contributed by atoms with Crippen molar-refractivity contribution in [1.29, 1.82) is 0 Å². The predicted molar refractivity (Wildman–Crippen MR) is 169 cm³/mol. The summed E-state index contributed by atoms with van der Waals surface area (Å²) in [7, 11) is 0. The van der Waals surface area contributed by atoms with Gasteiger partial charge in [0.25, 0.3) is 0 Å². The van der Waals surface area contributed by atoms with E-state index in [1.165, 1.54) is 17.0 Å². The topological polar surface area (TPSA) is 73.8 Å². The van der Waals surface area contributed by atoms with E-state index in [1.54, 1.807) is 6.92 Å². The highest BCUT2D eigenvalue weighted by atomic mass is 19.1. The molecule has 4 heterocycles. The van der Waals surface area contributed by atoms with Crippen molar-refractivity contribution in [2.24, 2.45) is 5.41 Å². The molecule has 0 saturated carbocycles. The zero-order chi connectivity index (χ0) is 34.8. The van der Waals surface area contributed by atoms with Crippen molar-refractivity contribution in [1.82, 2.24) is 20.2 Å². The van der Waals surface area contributed by atoms with Crippen LogP contribution < -0.4 is 15.0 Å². The molecule has 3 aliphatic heterocycles. The van der Waals surface area contributed by atoms with E-state index >= 15 is 8.78 Å². The van der Waals surface area contributed by atoms with Crippen LogP contribution in [0.1, 0.15) is 35.9 Å². The number of aromatic nitrogens is 2. The number of rotatable bonds is 5. The maximum absolute atomic E-state index is 16.9. The summed E-state index contributed by atoms with van der Waals surface area (Å²) >= 11 is 0. The zero-order valence-electron chi connectivity index (χ0n) is 28.0. The van der Waals surface area contributed by atoms with Crippen LogP contribution in [0.3, 0.4) is 0 Å². The van der Waals surface area contributed by atoms with Crippen LogP contribution in [0, 0.1) is 35.2 Å². The van der Waals surface area contributed by atoms with E-state index in [-0.39, 0.29) is 88.6 Å². The Kier molecular flexibility index (Phi) is 6.66. The van der Waals surface area contributed by atoms with Crippen LogP contribution in [-0.4, -0.2) is 71.8 Å². The SMILES string of the molecule is [2H]C([2H])([2H])N1CC/C(=C\F)[C@](C)(COc2nc(N3C[C@H]4CC[C@@H](C3)N4)c3cc(F)c(-c4cc(O)cc5ccc(F)c(C#C)c45)c(F)c3n2)C1. The molecule has 1 aromatic heterocycles. The van der Waals surface area contributed by atoms with E-state index in [0.29, 0.717) is 25.0 Å². The Balaban J connectivity index is 1.39. The van der Waals surface area contributed by atoms with Crippen LogP contribution in [-0.2, 0) is 0 Å². The second kappa shape index (κ2) is 11.4. The fraction of sp³-hybridized carbons (Fsp3) is 0.371. The quantitative estimate of drug-likeness (QED) is 0.204. The smallest absolute Gasteiger partial charge is 0.319 e. The number of likely N-dealkylation sites (tertiary alicyclic amines) is 1. The summed E-state index contributed by atoms with van der Waals surface area (Å²) in [6.45, 7) is 0.158. The third kappa shape index (κ3) is 5.10. The molecule has 7 nitrogen and oxygen atoms in total. The summed E-state index contributed by atoms with van der Waals surface area (Å²) < 4.78 is 91.8. The van der Waals surface area contributed by atoms with Gasteiger partial charge in [0, 0.05) is 64.1 Å². The molecule has 46 heavy (non-hydrogen) atoms. The van der Waals surface area contributed by atoms with Gasteiger partial charge in [-0.2, -0.15) is 9.97 Å². The number of aromatic hydroxyl groups is 1. The average Bonchev–Trinajstić information content (AvgIpc) is 3.40. The number of hydrogen-bond donors (Lipinski definition) is 2. The molecule has 4 aromatic rings. The number of phenolic OH excluding ortho intramolecular Hbond substituents is 1. The maximum atomic E-state index is 16.9. The Labute approximate surface area is 268 Å². The fourth-order valence-electron chi connectivity index (χ4n) is 7.15. The summed E-state index contributed by atoms with van der Waals surface area (Å²) in [5, 5.41) is 14.4. The second-order valence-electron chi connectivity index (χ2n) is 12.6. The van der Waals surface area contributed by atoms with Gasteiger partial charge in [-0.15, -0.1) is 6.42 Å². The van der Waals surface area contributed by atoms with E-state index in [4.69, 9.17) is 15.3 Å². The standard InChI is InChI=1S/C35H33F4N5O2/c1-4-24-27(37)8-5-19-11-23(45)12-25(29(19)24)30-28(38)13-26-32(31(30)39)41-34(42-33(26)44-15-21-6-7-22(16-44)40-21)46-18-35(2)17-43(3)10-9-20(35)14-36/h1,5,8,11-14,21-22,40,45H,6-7,9-10,15-18H2,2-3H3/b20-14+/t21-,22+,35-/m0/s1/i3D3. The first-order valence-electron chi connectivity index (χ1n) is 16.6. The average molecular weight is 635 g/mol. The van der Waals surface area contributed by atoms with Crippen molar-refractivity contribution < 1.29 is 31.5 Å². The van der Waals surface area contributed by atoms with Gasteiger partial charge < -0.3 is 25.0 Å². The number of fused-ring (bicyclic) bond motifs is 4. The number of nitrogens with one attached hydrogen (secondary N) is 1. The summed E-state index contributed by atoms with van der Waals surface area (Å²) in [5.74, 6) is -0.702. The van der Waals surface area contributed by atoms with Crippen LogP contribution in [0.15, 0.2) is 42.2 Å². The number of piperazine rings is 1. The lowest BCUT2D eigenvalue weighted by molar-refractivity contribution is 0.109. The molecular weight excluding hydrogens is 598 g/mol. The highest BCUT2D eigenvalue weighted by Crippen LogP contribution is 2.42. The van der Waals surface area contributed by atoms with Crippen LogP contribution in [0.25, 0.3) is 32.8 Å². The highest BCUT2D eigenvalue weighted by molar-refractivity contribution is 6.04. The largest absolute Gasteiger partial charge is 0.508 e. The molecule has 7 rings (SSSR count). The number of phenols is 1. The van der Waals surface area contributed by atoms with E-state index in [1.807, 2.05) is 4.90 Å². The number of hydrogen-bond acceptors (Lipinski definition) is 7. The monoisotopic (exact) mass is 634 g/mol. The molecule has 0 amide bonds. The van der Waals surface area contributed by atoms with E-state index in [9.17, 15) is 13.9 Å². The van der Waals surface area contributed by atoms with Crippen molar-refractivity contribution in [3.05, 3.63) is 65.2 Å². The van der Waals surface area contributed by atoms with Crippen LogP contribution >= 0.6 is 0 Å². The van der Waals surface area contributed by atoms with Crippen molar-refractivity contribution in [3.8, 4) is 35.2 Å². The van der Waals surface area contributed by atoms with Gasteiger partial charge in [0.1, 0.15) is 35.3 Å². The molecule has 0 unspecified atom stereocenters. The number of ether oxygens (including phenoxy) is 1. The minimum atomic E-state index is -2.40. The number of anilines is 1. The Morgan fingerprint density at radius 2 is 1.96 bits per heavy atom. The maximum Gasteiger partial charge on any atom is 0.319 e. The molecule has 0 radical (unpaired) electrons. The molecule has 3 saturated heterocycles. The molecule has 3 aromatic carbocycles. The van der Waals surface area contributed by atoms with E-state index in [2.05, 4.69) is 21.2 Å². The third-order valence-corrected chi connectivity index (χ3v) is 9.44. The molecular formula is C35H33F4N5O2. The van der Waals surface area contributed by atoms with E-state index in [0.717, 1.165) is 31.0 Å². The summed E-state index contributed by atoms with van der Waals surface area (Å²) in [6, 6.07) is 6.04. The molecule has 3 fully saturated rings. The molecule has 2 bridgehead atoms. The summed E-state index contributed by atoms with van der Waals surface area (Å²) in [6.07, 6.45) is 8.11. The first-order chi connectivity index (χ1) is 23.3. The lowest BCUT2D eigenvalue weighted by atomic mass is 9.78. The lowest BCUT2D eigenvalue weighted by Gasteiger charge is -2.40. The van der Waals surface area contributed by atoms with Crippen molar-refractivity contribution in [3.63, 3.8) is 0 Å². The Hall–Kier alpha value is -4.40. The Morgan fingerprint density at radius 1 is 1.17 bits per heavy atom. The van der Waals surface area contributed by atoms with Gasteiger partial charge >= 0.3 is 6.01 Å².